The Balaban J connectivity index is 1.20. The van der Waals surface area contributed by atoms with Gasteiger partial charge in [-0.05, 0) is 82.7 Å². The molecule has 7 amide bonds. The highest BCUT2D eigenvalue weighted by atomic mass is 31.2. The molecule has 2 fully saturated rings. The normalized spacial score (nSPS) is 34.4. The molecule has 6 aliphatic heterocycles. The number of aliphatic hydroxyl groups is 2. The van der Waals surface area contributed by atoms with Crippen molar-refractivity contribution in [2.75, 3.05) is 13.2 Å². The molecule has 8 rings (SSSR count). The van der Waals surface area contributed by atoms with E-state index in [-0.39, 0.29) is 82.9 Å². The molecule has 29 heteroatoms. The molecule has 28 nitrogen and oxygen atoms in total. The minimum Gasteiger partial charge on any atom is -0.508 e. The molecule has 0 radical (unpaired) electrons. The van der Waals surface area contributed by atoms with Gasteiger partial charge in [0.15, 0.2) is 6.23 Å². The van der Waals surface area contributed by atoms with Crippen molar-refractivity contribution in [3.63, 3.8) is 0 Å². The van der Waals surface area contributed by atoms with Gasteiger partial charge in [0, 0.05) is 137 Å². The molecule has 89 heavy (non-hydrogen) atoms. The summed E-state index contributed by atoms with van der Waals surface area (Å²) in [6, 6.07) is 3.27. The molecule has 15 atom stereocenters. The number of phosphoric acid groups is 1. The minimum absolute atomic E-state index is 0.0233. The van der Waals surface area contributed by atoms with E-state index < -0.39 is 143 Å². The average molecular weight is 1260 g/mol. The van der Waals surface area contributed by atoms with E-state index in [9.17, 15) is 58.3 Å². The van der Waals surface area contributed by atoms with Crippen LogP contribution < -0.4 is 45.0 Å². The summed E-state index contributed by atoms with van der Waals surface area (Å²) in [5, 5.41) is 37.9. The fourth-order valence-corrected chi connectivity index (χ4v) is 16.3. The molecule has 2 saturated heterocycles. The Bertz CT molecular complexity index is 3480. The van der Waals surface area contributed by atoms with Crippen LogP contribution in [0.4, 0.5) is 0 Å². The van der Waals surface area contributed by atoms with Crippen LogP contribution in [0.15, 0.2) is 73.8 Å². The van der Waals surface area contributed by atoms with Crippen molar-refractivity contribution in [1.82, 2.24) is 20.2 Å². The summed E-state index contributed by atoms with van der Waals surface area (Å²) >= 11 is 0. The number of hydrogen-bond acceptors (Lipinski definition) is 19. The second-order valence-corrected chi connectivity index (χ2v) is 27.7. The lowest BCUT2D eigenvalue weighted by Crippen LogP contribution is -2.56. The van der Waals surface area contributed by atoms with Gasteiger partial charge in [-0.2, -0.15) is 0 Å². The topological polar surface area (TPSA) is 480 Å². The summed E-state index contributed by atoms with van der Waals surface area (Å²) in [4.78, 5) is 125. The van der Waals surface area contributed by atoms with Crippen LogP contribution in [0.5, 0.6) is 5.75 Å². The summed E-state index contributed by atoms with van der Waals surface area (Å²) in [5.74, 6) is -7.31. The molecule has 2 aromatic rings. The summed E-state index contributed by atoms with van der Waals surface area (Å²) in [5.41, 5.74) is 34.8. The number of phosphoric ester groups is 1. The Morgan fingerprint density at radius 1 is 0.831 bits per heavy atom. The van der Waals surface area contributed by atoms with Gasteiger partial charge in [0.2, 0.25) is 41.4 Å². The Morgan fingerprint density at radius 2 is 1.45 bits per heavy atom. The second-order valence-electron chi connectivity index (χ2n) is 26.3. The number of aromatic nitrogens is 2. The molecule has 1 aromatic carbocycles. The fourth-order valence-electron chi connectivity index (χ4n) is 15.2. The molecule has 0 saturated carbocycles. The lowest BCUT2D eigenvalue weighted by atomic mass is 9.55. The van der Waals surface area contributed by atoms with Crippen molar-refractivity contribution in [3.8, 4) is 5.75 Å². The summed E-state index contributed by atoms with van der Waals surface area (Å²) in [6.45, 7) is 15.3. The van der Waals surface area contributed by atoms with Crippen LogP contribution in [0.3, 0.4) is 0 Å². The van der Waals surface area contributed by atoms with E-state index in [0.29, 0.717) is 56.4 Å². The molecule has 6 aliphatic rings. The Labute approximate surface area is 515 Å². The van der Waals surface area contributed by atoms with Crippen LogP contribution in [0.25, 0.3) is 11.0 Å². The number of carbonyl (C=O) groups is 7. The number of nitrogens with two attached hydrogens (primary N) is 6. The lowest BCUT2D eigenvalue weighted by Gasteiger charge is -2.48. The van der Waals surface area contributed by atoms with Gasteiger partial charge in [-0.25, -0.2) is 9.55 Å². The van der Waals surface area contributed by atoms with Crippen molar-refractivity contribution >= 4 is 77.3 Å². The van der Waals surface area contributed by atoms with E-state index in [0.717, 1.165) is 0 Å². The third-order valence-electron chi connectivity index (χ3n) is 20.0. The monoisotopic (exact) mass is 1260 g/mol. The number of carbonyl (C=O) groups excluding carboxylic acids is 7. The van der Waals surface area contributed by atoms with Crippen molar-refractivity contribution in [3.05, 3.63) is 58.8 Å². The van der Waals surface area contributed by atoms with E-state index in [2.05, 4.69) is 15.6 Å². The third kappa shape index (κ3) is 13.0. The molecule has 0 aliphatic carbocycles. The van der Waals surface area contributed by atoms with Gasteiger partial charge in [-0.15, -0.1) is 0 Å². The Hall–Kier alpha value is -7.20. The standard InChI is InChI=1S/C60H86N13O15P/c1-28(87-89(84,85)88-51-39(26-74)86-55(50(51)83)73-27-68-37-20-31(75)10-14-38(37)73)25-67-47(82)18-19-57(6)35(21-44(64)79)54-60(9)59(8,24-46(66)81)34(13-17-43(63)78)49(72-60)30(3)53-58(7,23-45(65)80)32(11-15-41(61)76)36(69-53)22-40-56(4,5)33(12-16-42(62)77)48(70-40)29(2)52(57)71-54/h10,14,20,22,27-28,32-35,39,50-51,54-55,69,74-75,83H,11-13,15-19,21,23-26H2,1-9H3,(H2,61,76)(H2,62,77)(H2,63,78)(H2,64,79)(H2,65,80)(H2,66,81)(H,67,82)(H,84,85)/b36-22-,48-29-,53-30-/t28-,32-,33-,34-,35+,39-,50-,51-,54?,55+,57-,58+,59+,60+/m1/s1. The predicted molar refractivity (Wildman–Crippen MR) is 326 cm³/mol. The van der Waals surface area contributed by atoms with Crippen molar-refractivity contribution < 1.29 is 72.1 Å². The van der Waals surface area contributed by atoms with Crippen molar-refractivity contribution in [1.29, 1.82) is 0 Å². The summed E-state index contributed by atoms with van der Waals surface area (Å²) < 4.78 is 31.9. The first kappa shape index (κ1) is 67.7. The quantitative estimate of drug-likeness (QED) is 0.0601. The number of benzene rings is 1. The first-order valence-electron chi connectivity index (χ1n) is 29.9. The number of nitrogens with one attached hydrogen (secondary N) is 2. The van der Waals surface area contributed by atoms with E-state index in [1.54, 1.807) is 0 Å². The van der Waals surface area contributed by atoms with Crippen molar-refractivity contribution in [2.24, 2.45) is 94.7 Å². The number of rotatable bonds is 26. The molecule has 486 valence electrons. The number of hydrogen-bond donors (Lipinski definition) is 12. The SMILES string of the molecule is C/C1=C2N=C(/C=C3\N/C(=C(/C)C4=N[C@@](C)(C5N=C1[C@](C)(CCC(=O)NC[C@@H](C)OP(=O)(O)O[C@H]1[C@@H](O)[C@@H](n6cnc7cc(O)ccc76)O[C@@H]1CO)[C@H]5CC(N)=O)[C@@](C)(CC(N)=O)[C@@H]4CCC(N)=O)[C@@](C)(CC(N)=O)[C@@H]3CCC(N)=O)C(C)(C)[C@@H]/2CCC(N)=O. The lowest BCUT2D eigenvalue weighted by molar-refractivity contribution is -0.124. The molecule has 7 heterocycles. The summed E-state index contributed by atoms with van der Waals surface area (Å²) in [6.07, 6.45) is -4.72. The van der Waals surface area contributed by atoms with E-state index in [1.165, 1.54) is 36.0 Å². The van der Waals surface area contributed by atoms with Crippen LogP contribution in [0.2, 0.25) is 0 Å². The van der Waals surface area contributed by atoms with E-state index >= 15 is 0 Å². The number of phenolic OH excluding ortho intramolecular Hbond substituents is 1. The highest BCUT2D eigenvalue weighted by Crippen LogP contribution is 2.63. The fraction of sp³-hybridized carbons (Fsp3) is 0.617. The number of fused-ring (bicyclic) bond motifs is 7. The second kappa shape index (κ2) is 25.2. The van der Waals surface area contributed by atoms with Gasteiger partial charge >= 0.3 is 7.82 Å². The van der Waals surface area contributed by atoms with Gasteiger partial charge in [0.25, 0.3) is 0 Å². The number of aliphatic hydroxyl groups excluding tert-OH is 2. The number of primary amides is 6. The van der Waals surface area contributed by atoms with Crippen LogP contribution in [0, 0.1) is 45.3 Å². The molecule has 18 N–H and O–H groups in total. The zero-order valence-corrected chi connectivity index (χ0v) is 52.7. The first-order valence-corrected chi connectivity index (χ1v) is 31.4. The largest absolute Gasteiger partial charge is 0.508 e. The zero-order chi connectivity index (χ0) is 65.8. The van der Waals surface area contributed by atoms with Crippen LogP contribution in [-0.4, -0.2) is 137 Å². The van der Waals surface area contributed by atoms with Crippen LogP contribution in [-0.2, 0) is 51.9 Å². The molecular formula is C60H86N13O15P. The smallest absolute Gasteiger partial charge is 0.472 e. The van der Waals surface area contributed by atoms with Crippen LogP contribution in [0.1, 0.15) is 139 Å². The minimum atomic E-state index is -5.09. The first-order chi connectivity index (χ1) is 41.4. The number of imidazole rings is 1. The van der Waals surface area contributed by atoms with Gasteiger partial charge in [-0.3, -0.25) is 57.6 Å². The van der Waals surface area contributed by atoms with Gasteiger partial charge in [0.05, 0.1) is 41.7 Å². The maximum absolute atomic E-state index is 14.3. The molecule has 2 unspecified atom stereocenters. The zero-order valence-electron chi connectivity index (χ0n) is 51.8. The van der Waals surface area contributed by atoms with E-state index in [4.69, 9.17) is 63.2 Å². The third-order valence-corrected chi connectivity index (χ3v) is 21.1. The predicted octanol–water partition coefficient (Wildman–Crippen LogP) is 2.25. The van der Waals surface area contributed by atoms with E-state index in [1.807, 2.05) is 61.5 Å². The number of amides is 7. The Morgan fingerprint density at radius 3 is 2.04 bits per heavy atom. The number of nitrogens with zero attached hydrogens (tertiary/aromatic N) is 5. The molecule has 8 bridgehead atoms. The van der Waals surface area contributed by atoms with Gasteiger partial charge < -0.3 is 74.6 Å². The Kier molecular flexibility index (Phi) is 19.2. The van der Waals surface area contributed by atoms with Crippen LogP contribution >= 0.6 is 7.82 Å². The maximum atomic E-state index is 14.3. The number of aliphatic imine (C=N–C) groups is 3. The molecular weight excluding hydrogens is 1170 g/mol. The number of ether oxygens (including phenoxy) is 1. The van der Waals surface area contributed by atoms with Gasteiger partial charge in [-0.1, -0.05) is 34.6 Å². The number of allylic oxidation sites excluding steroid dienone is 6. The number of phenols is 1. The average Bonchev–Trinajstić information content (AvgIpc) is 1.54. The highest BCUT2D eigenvalue weighted by molar-refractivity contribution is 7.47. The maximum Gasteiger partial charge on any atom is 0.472 e. The van der Waals surface area contributed by atoms with Gasteiger partial charge in [0.1, 0.15) is 24.1 Å². The molecule has 1 aromatic heterocycles. The molecule has 0 spiro atoms. The highest BCUT2D eigenvalue weighted by Gasteiger charge is 2.66. The summed E-state index contributed by atoms with van der Waals surface area (Å²) in [7, 11) is -5.09. The van der Waals surface area contributed by atoms with Crippen molar-refractivity contribution in [2.45, 2.75) is 175 Å². The number of aromatic hydroxyl groups is 1.